The fourth-order valence-corrected chi connectivity index (χ4v) is 1.66. The van der Waals surface area contributed by atoms with Gasteiger partial charge in [-0.05, 0) is 37.1 Å². The Kier molecular flexibility index (Phi) is 8.07. The highest BCUT2D eigenvalue weighted by molar-refractivity contribution is 5.31. The van der Waals surface area contributed by atoms with Crippen LogP contribution in [0, 0.1) is 0 Å². The predicted molar refractivity (Wildman–Crippen MR) is 77.9 cm³/mol. The van der Waals surface area contributed by atoms with Crippen molar-refractivity contribution < 1.29 is 14.6 Å². The summed E-state index contributed by atoms with van der Waals surface area (Å²) in [6, 6.07) is 7.58. The predicted octanol–water partition coefficient (Wildman–Crippen LogP) is 3.80. The van der Waals surface area contributed by atoms with E-state index in [-0.39, 0.29) is 0 Å². The van der Waals surface area contributed by atoms with E-state index in [0.717, 1.165) is 24.5 Å². The Morgan fingerprint density at radius 2 is 1.58 bits per heavy atom. The molecule has 0 fully saturated rings. The Balaban J connectivity index is 2.23. The van der Waals surface area contributed by atoms with Crippen molar-refractivity contribution in [3.63, 3.8) is 0 Å². The van der Waals surface area contributed by atoms with Crippen LogP contribution >= 0.6 is 0 Å². The SMILES string of the molecule is CCCCCCOc1ccc(OCC(O)CC)cc1. The van der Waals surface area contributed by atoms with Crippen molar-refractivity contribution in [2.24, 2.45) is 0 Å². The highest BCUT2D eigenvalue weighted by Crippen LogP contribution is 2.18. The lowest BCUT2D eigenvalue weighted by molar-refractivity contribution is 0.104. The van der Waals surface area contributed by atoms with Crippen molar-refractivity contribution in [3.05, 3.63) is 24.3 Å². The molecule has 0 spiro atoms. The minimum absolute atomic E-state index is 0.341. The Morgan fingerprint density at radius 3 is 2.16 bits per heavy atom. The fourth-order valence-electron chi connectivity index (χ4n) is 1.66. The molecule has 1 rings (SSSR count). The highest BCUT2D eigenvalue weighted by Gasteiger charge is 2.02. The molecule has 0 amide bonds. The van der Waals surface area contributed by atoms with Crippen LogP contribution in [0.1, 0.15) is 46.0 Å². The van der Waals surface area contributed by atoms with Gasteiger partial charge in [-0.25, -0.2) is 0 Å². The van der Waals surface area contributed by atoms with Crippen LogP contribution in [0.3, 0.4) is 0 Å². The van der Waals surface area contributed by atoms with Crippen molar-refractivity contribution in [2.45, 2.75) is 52.1 Å². The van der Waals surface area contributed by atoms with E-state index in [1.807, 2.05) is 31.2 Å². The molecule has 1 unspecified atom stereocenters. The van der Waals surface area contributed by atoms with Crippen molar-refractivity contribution in [1.82, 2.24) is 0 Å². The minimum atomic E-state index is -0.394. The first kappa shape index (κ1) is 15.8. The molecule has 0 aliphatic heterocycles. The lowest BCUT2D eigenvalue weighted by Crippen LogP contribution is -2.15. The Morgan fingerprint density at radius 1 is 0.947 bits per heavy atom. The van der Waals surface area contributed by atoms with E-state index < -0.39 is 6.10 Å². The zero-order chi connectivity index (χ0) is 13.9. The molecule has 0 aromatic heterocycles. The molecule has 1 atom stereocenters. The molecule has 0 saturated carbocycles. The Bertz CT molecular complexity index is 321. The van der Waals surface area contributed by atoms with Crippen molar-refractivity contribution in [2.75, 3.05) is 13.2 Å². The second-order valence-corrected chi connectivity index (χ2v) is 4.75. The molecular weight excluding hydrogens is 240 g/mol. The number of aliphatic hydroxyl groups excluding tert-OH is 1. The number of rotatable bonds is 10. The summed E-state index contributed by atoms with van der Waals surface area (Å²) in [6.45, 7) is 5.25. The number of hydrogen-bond donors (Lipinski definition) is 1. The number of aliphatic hydroxyl groups is 1. The van der Waals surface area contributed by atoms with Gasteiger partial charge in [0.2, 0.25) is 0 Å². The maximum atomic E-state index is 9.41. The monoisotopic (exact) mass is 266 g/mol. The summed E-state index contributed by atoms with van der Waals surface area (Å²) >= 11 is 0. The number of unbranched alkanes of at least 4 members (excludes halogenated alkanes) is 3. The van der Waals surface area contributed by atoms with Gasteiger partial charge < -0.3 is 14.6 Å². The van der Waals surface area contributed by atoms with Gasteiger partial charge >= 0.3 is 0 Å². The van der Waals surface area contributed by atoms with Gasteiger partial charge in [0.15, 0.2) is 0 Å². The second-order valence-electron chi connectivity index (χ2n) is 4.75. The highest BCUT2D eigenvalue weighted by atomic mass is 16.5. The molecule has 1 aromatic rings. The normalized spacial score (nSPS) is 12.2. The Hall–Kier alpha value is -1.22. The van der Waals surface area contributed by atoms with Gasteiger partial charge in [-0.1, -0.05) is 33.1 Å². The van der Waals surface area contributed by atoms with Crippen LogP contribution in [0.25, 0.3) is 0 Å². The lowest BCUT2D eigenvalue weighted by atomic mass is 10.2. The summed E-state index contributed by atoms with van der Waals surface area (Å²) in [7, 11) is 0. The average molecular weight is 266 g/mol. The van der Waals surface area contributed by atoms with Crippen LogP contribution in [0.2, 0.25) is 0 Å². The first-order valence-electron chi connectivity index (χ1n) is 7.30. The standard InChI is InChI=1S/C16H26O3/c1-3-5-6-7-12-18-15-8-10-16(11-9-15)19-13-14(17)4-2/h8-11,14,17H,3-7,12-13H2,1-2H3. The molecule has 0 saturated heterocycles. The van der Waals surface area contributed by atoms with Gasteiger partial charge in [0.25, 0.3) is 0 Å². The fraction of sp³-hybridized carbons (Fsp3) is 0.625. The zero-order valence-electron chi connectivity index (χ0n) is 12.1. The average Bonchev–Trinajstić information content (AvgIpc) is 2.45. The summed E-state index contributed by atoms with van der Waals surface area (Å²) in [4.78, 5) is 0. The molecular formula is C16H26O3. The molecule has 0 radical (unpaired) electrons. The van der Waals surface area contributed by atoms with Crippen molar-refractivity contribution in [1.29, 1.82) is 0 Å². The molecule has 0 aliphatic rings. The summed E-state index contributed by atoms with van der Waals surface area (Å²) in [5, 5.41) is 9.41. The van der Waals surface area contributed by atoms with E-state index in [1.54, 1.807) is 0 Å². The first-order chi connectivity index (χ1) is 9.26. The van der Waals surface area contributed by atoms with Crippen LogP contribution in [0.5, 0.6) is 11.5 Å². The van der Waals surface area contributed by atoms with Crippen LogP contribution in [0.4, 0.5) is 0 Å². The maximum Gasteiger partial charge on any atom is 0.119 e. The van der Waals surface area contributed by atoms with Gasteiger partial charge in [0.05, 0.1) is 12.7 Å². The Labute approximate surface area is 116 Å². The van der Waals surface area contributed by atoms with E-state index in [2.05, 4.69) is 6.92 Å². The minimum Gasteiger partial charge on any atom is -0.494 e. The van der Waals surface area contributed by atoms with Crippen LogP contribution in [-0.4, -0.2) is 24.4 Å². The molecule has 0 bridgehead atoms. The van der Waals surface area contributed by atoms with E-state index in [0.29, 0.717) is 13.0 Å². The van der Waals surface area contributed by atoms with Gasteiger partial charge in [-0.3, -0.25) is 0 Å². The summed E-state index contributed by atoms with van der Waals surface area (Å²) < 4.78 is 11.1. The van der Waals surface area contributed by atoms with Crippen molar-refractivity contribution in [3.8, 4) is 11.5 Å². The van der Waals surface area contributed by atoms with E-state index in [1.165, 1.54) is 19.3 Å². The van der Waals surface area contributed by atoms with Gasteiger partial charge in [0.1, 0.15) is 18.1 Å². The lowest BCUT2D eigenvalue weighted by Gasteiger charge is -2.11. The number of ether oxygens (including phenoxy) is 2. The molecule has 3 nitrogen and oxygen atoms in total. The van der Waals surface area contributed by atoms with E-state index in [9.17, 15) is 5.11 Å². The van der Waals surface area contributed by atoms with Crippen molar-refractivity contribution >= 4 is 0 Å². The molecule has 1 aromatic carbocycles. The maximum absolute atomic E-state index is 9.41. The third-order valence-corrected chi connectivity index (χ3v) is 3.00. The smallest absolute Gasteiger partial charge is 0.119 e. The topological polar surface area (TPSA) is 38.7 Å². The molecule has 0 aliphatic carbocycles. The molecule has 0 heterocycles. The number of benzene rings is 1. The molecule has 3 heteroatoms. The summed E-state index contributed by atoms with van der Waals surface area (Å²) in [5.41, 5.74) is 0. The summed E-state index contributed by atoms with van der Waals surface area (Å²) in [5.74, 6) is 1.64. The molecule has 19 heavy (non-hydrogen) atoms. The van der Waals surface area contributed by atoms with Gasteiger partial charge in [-0.15, -0.1) is 0 Å². The molecule has 1 N–H and O–H groups in total. The third kappa shape index (κ3) is 7.06. The summed E-state index contributed by atoms with van der Waals surface area (Å²) in [6.07, 6.45) is 5.17. The van der Waals surface area contributed by atoms with Crippen LogP contribution in [-0.2, 0) is 0 Å². The van der Waals surface area contributed by atoms with Crippen LogP contribution < -0.4 is 9.47 Å². The molecule has 108 valence electrons. The quantitative estimate of drug-likeness (QED) is 0.655. The van der Waals surface area contributed by atoms with Gasteiger partial charge in [0, 0.05) is 0 Å². The third-order valence-electron chi connectivity index (χ3n) is 3.00. The van der Waals surface area contributed by atoms with E-state index in [4.69, 9.17) is 9.47 Å². The second kappa shape index (κ2) is 9.68. The first-order valence-corrected chi connectivity index (χ1v) is 7.30. The largest absolute Gasteiger partial charge is 0.494 e. The van der Waals surface area contributed by atoms with Gasteiger partial charge in [-0.2, -0.15) is 0 Å². The zero-order valence-corrected chi connectivity index (χ0v) is 12.1. The van der Waals surface area contributed by atoms with Crippen LogP contribution in [0.15, 0.2) is 24.3 Å². The number of hydrogen-bond acceptors (Lipinski definition) is 3. The van der Waals surface area contributed by atoms with E-state index >= 15 is 0 Å².